The third kappa shape index (κ3) is 6.40. The highest BCUT2D eigenvalue weighted by Gasteiger charge is 2.31. The number of thioether (sulfide) groups is 1. The number of nitrogens with one attached hydrogen (secondary N) is 1. The second kappa shape index (κ2) is 11.3. The molecule has 1 amide bonds. The van der Waals surface area contributed by atoms with Crippen LogP contribution in [0.2, 0.25) is 0 Å². The first kappa shape index (κ1) is 22.5. The number of ketones is 1. The first-order valence-electron chi connectivity index (χ1n) is 10.5. The highest BCUT2D eigenvalue weighted by atomic mass is 32.2. The molecule has 1 aliphatic carbocycles. The molecule has 3 rings (SSSR count). The smallest absolute Gasteiger partial charge is 0.287 e. The Labute approximate surface area is 182 Å². The van der Waals surface area contributed by atoms with Crippen LogP contribution in [0.1, 0.15) is 60.8 Å². The molecule has 0 aliphatic heterocycles. The fourth-order valence-corrected chi connectivity index (χ4v) is 4.42. The summed E-state index contributed by atoms with van der Waals surface area (Å²) in [5.41, 5.74) is 0.712. The first-order valence-corrected chi connectivity index (χ1v) is 11.5. The molecule has 1 aromatic carbocycles. The third-order valence-electron chi connectivity index (χ3n) is 5.29. The molecule has 30 heavy (non-hydrogen) atoms. The highest BCUT2D eigenvalue weighted by molar-refractivity contribution is 7.99. The van der Waals surface area contributed by atoms with E-state index in [1.807, 2.05) is 44.4 Å². The van der Waals surface area contributed by atoms with E-state index in [0.29, 0.717) is 10.8 Å². The van der Waals surface area contributed by atoms with Crippen molar-refractivity contribution < 1.29 is 14.0 Å². The van der Waals surface area contributed by atoms with Gasteiger partial charge in [0.15, 0.2) is 0 Å². The standard InChI is InChI=1S/C22H30N4O3S/c1-26(2)14-15-30-22-25-24-21(29-22)19(27)18(16-10-8-5-9-11-16)23-20(28)17-12-6-3-4-7-13-17/h5,8-11,17-18H,3-4,6-7,12-15H2,1-2H3,(H,23,28). The molecule has 7 nitrogen and oxygen atoms in total. The molecule has 162 valence electrons. The van der Waals surface area contributed by atoms with Crippen LogP contribution in [-0.2, 0) is 4.79 Å². The molecule has 2 aromatic rings. The van der Waals surface area contributed by atoms with E-state index in [-0.39, 0.29) is 23.5 Å². The van der Waals surface area contributed by atoms with Gasteiger partial charge in [-0.25, -0.2) is 0 Å². The average molecular weight is 431 g/mol. The monoisotopic (exact) mass is 430 g/mol. The summed E-state index contributed by atoms with van der Waals surface area (Å²) >= 11 is 1.41. The van der Waals surface area contributed by atoms with Gasteiger partial charge in [-0.3, -0.25) is 9.59 Å². The zero-order valence-corrected chi connectivity index (χ0v) is 18.5. The lowest BCUT2D eigenvalue weighted by atomic mass is 9.97. The van der Waals surface area contributed by atoms with Crippen LogP contribution in [0.15, 0.2) is 40.0 Å². The second-order valence-electron chi connectivity index (χ2n) is 7.93. The average Bonchev–Trinajstić information content (AvgIpc) is 3.04. The highest BCUT2D eigenvalue weighted by Crippen LogP contribution is 2.26. The van der Waals surface area contributed by atoms with E-state index in [0.717, 1.165) is 38.0 Å². The molecule has 1 aliphatic rings. The topological polar surface area (TPSA) is 88.3 Å². The van der Waals surface area contributed by atoms with Gasteiger partial charge in [0.1, 0.15) is 6.04 Å². The number of carbonyl (C=O) groups excluding carboxylic acids is 2. The van der Waals surface area contributed by atoms with Gasteiger partial charge in [0.25, 0.3) is 11.1 Å². The molecule has 0 radical (unpaired) electrons. The van der Waals surface area contributed by atoms with Crippen molar-refractivity contribution in [2.45, 2.75) is 49.8 Å². The van der Waals surface area contributed by atoms with Gasteiger partial charge in [0.2, 0.25) is 11.7 Å². The third-order valence-corrected chi connectivity index (χ3v) is 6.09. The van der Waals surface area contributed by atoms with Crippen molar-refractivity contribution in [3.8, 4) is 0 Å². The number of hydrogen-bond acceptors (Lipinski definition) is 7. The van der Waals surface area contributed by atoms with E-state index < -0.39 is 6.04 Å². The zero-order chi connectivity index (χ0) is 21.3. The number of hydrogen-bond donors (Lipinski definition) is 1. The number of nitrogens with zero attached hydrogens (tertiary/aromatic N) is 3. The molecular formula is C22H30N4O3S. The Morgan fingerprint density at radius 3 is 2.50 bits per heavy atom. The quantitative estimate of drug-likeness (QED) is 0.368. The SMILES string of the molecule is CN(C)CCSc1nnc(C(=O)C(NC(=O)C2CCCCCC2)c2ccccc2)o1. The summed E-state index contributed by atoms with van der Waals surface area (Å²) < 4.78 is 5.60. The lowest BCUT2D eigenvalue weighted by molar-refractivity contribution is -0.125. The summed E-state index contributed by atoms with van der Waals surface area (Å²) in [6.07, 6.45) is 6.18. The summed E-state index contributed by atoms with van der Waals surface area (Å²) in [6.45, 7) is 0.862. The van der Waals surface area contributed by atoms with Crippen molar-refractivity contribution in [2.75, 3.05) is 26.4 Å². The van der Waals surface area contributed by atoms with Crippen LogP contribution in [0, 0.1) is 5.92 Å². The first-order chi connectivity index (χ1) is 14.5. The number of carbonyl (C=O) groups is 2. The number of aromatic nitrogens is 2. The van der Waals surface area contributed by atoms with Crippen molar-refractivity contribution in [3.05, 3.63) is 41.8 Å². The van der Waals surface area contributed by atoms with Gasteiger partial charge < -0.3 is 14.6 Å². The normalized spacial score (nSPS) is 16.2. The van der Waals surface area contributed by atoms with Crippen molar-refractivity contribution in [1.82, 2.24) is 20.4 Å². The molecule has 1 atom stereocenters. The molecular weight excluding hydrogens is 400 g/mol. The van der Waals surface area contributed by atoms with Crippen LogP contribution in [0.5, 0.6) is 0 Å². The predicted molar refractivity (Wildman–Crippen MR) is 116 cm³/mol. The largest absolute Gasteiger partial charge is 0.408 e. The van der Waals surface area contributed by atoms with Crippen LogP contribution < -0.4 is 5.32 Å². The molecule has 1 heterocycles. The van der Waals surface area contributed by atoms with E-state index >= 15 is 0 Å². The van der Waals surface area contributed by atoms with Crippen LogP contribution in [-0.4, -0.2) is 53.2 Å². The summed E-state index contributed by atoms with van der Waals surface area (Å²) in [4.78, 5) is 28.2. The van der Waals surface area contributed by atoms with E-state index in [4.69, 9.17) is 4.42 Å². The van der Waals surface area contributed by atoms with Gasteiger partial charge in [-0.15, -0.1) is 10.2 Å². The maximum atomic E-state index is 13.2. The Morgan fingerprint density at radius 2 is 1.83 bits per heavy atom. The van der Waals surface area contributed by atoms with Crippen LogP contribution in [0.4, 0.5) is 0 Å². The second-order valence-corrected chi connectivity index (χ2v) is 8.98. The number of Topliss-reactive ketones (excluding diaryl/α,β-unsaturated/α-hetero) is 1. The lowest BCUT2D eigenvalue weighted by Gasteiger charge is -2.20. The van der Waals surface area contributed by atoms with Crippen molar-refractivity contribution >= 4 is 23.5 Å². The molecule has 8 heteroatoms. The number of amides is 1. The fourth-order valence-electron chi connectivity index (χ4n) is 3.55. The minimum Gasteiger partial charge on any atom is -0.408 e. The molecule has 1 saturated carbocycles. The molecule has 0 bridgehead atoms. The molecule has 1 N–H and O–H groups in total. The Bertz CT molecular complexity index is 817. The predicted octanol–water partition coefficient (Wildman–Crippen LogP) is 3.73. The fraction of sp³-hybridized carbons (Fsp3) is 0.545. The van der Waals surface area contributed by atoms with Gasteiger partial charge in [-0.2, -0.15) is 0 Å². The van der Waals surface area contributed by atoms with Crippen molar-refractivity contribution in [2.24, 2.45) is 5.92 Å². The van der Waals surface area contributed by atoms with Crippen LogP contribution in [0.3, 0.4) is 0 Å². The molecule has 1 unspecified atom stereocenters. The van der Waals surface area contributed by atoms with Crippen molar-refractivity contribution in [3.63, 3.8) is 0 Å². The summed E-state index contributed by atoms with van der Waals surface area (Å²) in [5, 5.41) is 11.3. The number of rotatable bonds is 9. The Morgan fingerprint density at radius 1 is 1.13 bits per heavy atom. The van der Waals surface area contributed by atoms with Gasteiger partial charge in [-0.1, -0.05) is 67.8 Å². The molecule has 0 spiro atoms. The minimum atomic E-state index is -0.831. The minimum absolute atomic E-state index is 0.0497. The maximum Gasteiger partial charge on any atom is 0.287 e. The lowest BCUT2D eigenvalue weighted by Crippen LogP contribution is -2.38. The molecule has 1 aromatic heterocycles. The van der Waals surface area contributed by atoms with E-state index in [1.54, 1.807) is 0 Å². The van der Waals surface area contributed by atoms with E-state index in [1.165, 1.54) is 24.6 Å². The van der Waals surface area contributed by atoms with E-state index in [2.05, 4.69) is 20.4 Å². The Hall–Kier alpha value is -2.19. The zero-order valence-electron chi connectivity index (χ0n) is 17.7. The summed E-state index contributed by atoms with van der Waals surface area (Å²) in [6, 6.07) is 8.41. The summed E-state index contributed by atoms with van der Waals surface area (Å²) in [5.74, 6) is 0.210. The van der Waals surface area contributed by atoms with E-state index in [9.17, 15) is 9.59 Å². The summed E-state index contributed by atoms with van der Waals surface area (Å²) in [7, 11) is 3.98. The number of benzene rings is 1. The van der Waals surface area contributed by atoms with Crippen LogP contribution >= 0.6 is 11.8 Å². The Kier molecular flexibility index (Phi) is 8.45. The van der Waals surface area contributed by atoms with Crippen LogP contribution in [0.25, 0.3) is 0 Å². The molecule has 1 fully saturated rings. The van der Waals surface area contributed by atoms with Crippen molar-refractivity contribution in [1.29, 1.82) is 0 Å². The van der Waals surface area contributed by atoms with Gasteiger partial charge in [-0.05, 0) is 32.5 Å². The van der Waals surface area contributed by atoms with Gasteiger partial charge >= 0.3 is 0 Å². The van der Waals surface area contributed by atoms with Gasteiger partial charge in [0, 0.05) is 18.2 Å². The Balaban J connectivity index is 1.73. The van der Waals surface area contributed by atoms with Gasteiger partial charge in [0.05, 0.1) is 0 Å². The molecule has 0 saturated heterocycles. The maximum absolute atomic E-state index is 13.2.